The molecule has 2 aliphatic heterocycles. The summed E-state index contributed by atoms with van der Waals surface area (Å²) in [4.78, 5) is 18.5. The molecule has 3 nitrogen and oxygen atoms in total. The minimum atomic E-state index is -0.273. The average molecular weight is 181 g/mol. The highest BCUT2D eigenvalue weighted by molar-refractivity contribution is 6.69. The summed E-state index contributed by atoms with van der Waals surface area (Å²) in [5.74, 6) is 0.227. The van der Waals surface area contributed by atoms with Crippen molar-refractivity contribution in [3.63, 3.8) is 0 Å². The normalized spacial score (nSPS) is 26.4. The Labute approximate surface area is 74.2 Å². The summed E-state index contributed by atoms with van der Waals surface area (Å²) in [6.07, 6.45) is 6.75. The first kappa shape index (κ1) is 7.43. The van der Waals surface area contributed by atoms with E-state index in [0.717, 1.165) is 0 Å². The zero-order valence-corrected chi connectivity index (χ0v) is 6.82. The number of hydrogen-bond donors (Lipinski definition) is 0. The molecule has 0 aliphatic carbocycles. The molecule has 0 N–H and O–H groups in total. The predicted molar refractivity (Wildman–Crippen MR) is 47.5 cm³/mol. The van der Waals surface area contributed by atoms with Gasteiger partial charge in [-0.05, 0) is 6.08 Å². The molecule has 0 bridgehead atoms. The fraction of sp³-hybridized carbons (Fsp3) is 0.125. The highest BCUT2D eigenvalue weighted by Crippen LogP contribution is 2.16. The van der Waals surface area contributed by atoms with Crippen molar-refractivity contribution in [1.29, 1.82) is 0 Å². The van der Waals surface area contributed by atoms with Crippen LogP contribution in [-0.4, -0.2) is 16.9 Å². The molecule has 0 fully saturated rings. The van der Waals surface area contributed by atoms with Gasteiger partial charge < -0.3 is 0 Å². The van der Waals surface area contributed by atoms with Crippen molar-refractivity contribution in [2.75, 3.05) is 0 Å². The lowest BCUT2D eigenvalue weighted by Gasteiger charge is -2.13. The van der Waals surface area contributed by atoms with Crippen LogP contribution in [0, 0.1) is 5.92 Å². The number of fused-ring (bicyclic) bond motifs is 1. The van der Waals surface area contributed by atoms with Crippen LogP contribution in [0.1, 0.15) is 0 Å². The van der Waals surface area contributed by atoms with Crippen molar-refractivity contribution in [1.82, 2.24) is 0 Å². The zero-order chi connectivity index (χ0) is 8.55. The molecule has 12 heavy (non-hydrogen) atoms. The molecule has 0 aromatic carbocycles. The number of carbonyl (C=O) groups excluding carboxylic acids is 1. The van der Waals surface area contributed by atoms with Gasteiger partial charge in [-0.2, -0.15) is 4.99 Å². The van der Waals surface area contributed by atoms with E-state index in [1.807, 2.05) is 6.08 Å². The number of hydrogen-bond acceptors (Lipinski definition) is 2. The molecular formula is C8H5ClN2O. The number of rotatable bonds is 0. The van der Waals surface area contributed by atoms with Crippen LogP contribution in [0.25, 0.3) is 0 Å². The van der Waals surface area contributed by atoms with Crippen LogP contribution in [0.15, 0.2) is 34.3 Å². The van der Waals surface area contributed by atoms with E-state index in [1.165, 1.54) is 6.08 Å². The van der Waals surface area contributed by atoms with Gasteiger partial charge in [-0.1, -0.05) is 23.8 Å². The van der Waals surface area contributed by atoms with Crippen LogP contribution >= 0.6 is 11.6 Å². The van der Waals surface area contributed by atoms with Crippen molar-refractivity contribution >= 4 is 28.5 Å². The summed E-state index contributed by atoms with van der Waals surface area (Å²) >= 11 is 5.63. The van der Waals surface area contributed by atoms with Gasteiger partial charge in [0.25, 0.3) is 5.91 Å². The Kier molecular flexibility index (Phi) is 1.66. The first-order valence-corrected chi connectivity index (χ1v) is 3.86. The summed E-state index contributed by atoms with van der Waals surface area (Å²) < 4.78 is 0. The topological polar surface area (TPSA) is 41.8 Å². The minimum Gasteiger partial charge on any atom is -0.267 e. The first-order chi connectivity index (χ1) is 5.75. The summed E-state index contributed by atoms with van der Waals surface area (Å²) in [5, 5.41) is 0.369. The molecule has 0 saturated heterocycles. The number of amidine groups is 1. The third-order valence-corrected chi connectivity index (χ3v) is 1.84. The smallest absolute Gasteiger partial charge is 0.267 e. The van der Waals surface area contributed by atoms with Crippen LogP contribution < -0.4 is 0 Å². The molecule has 0 radical (unpaired) electrons. The largest absolute Gasteiger partial charge is 0.271 e. The molecule has 4 heteroatoms. The van der Waals surface area contributed by atoms with E-state index in [0.29, 0.717) is 11.0 Å². The van der Waals surface area contributed by atoms with E-state index in [2.05, 4.69) is 9.98 Å². The van der Waals surface area contributed by atoms with Crippen molar-refractivity contribution in [3.8, 4) is 0 Å². The highest BCUT2D eigenvalue weighted by Gasteiger charge is 2.18. The molecule has 60 valence electrons. The van der Waals surface area contributed by atoms with E-state index in [4.69, 9.17) is 11.6 Å². The fourth-order valence-electron chi connectivity index (χ4n) is 1.08. The predicted octanol–water partition coefficient (Wildman–Crippen LogP) is 1.30. The van der Waals surface area contributed by atoms with Crippen molar-refractivity contribution < 1.29 is 4.79 Å². The molecule has 2 heterocycles. The van der Waals surface area contributed by atoms with Crippen LogP contribution in [-0.2, 0) is 4.79 Å². The first-order valence-electron chi connectivity index (χ1n) is 3.49. The summed E-state index contributed by atoms with van der Waals surface area (Å²) in [7, 11) is 0. The number of nitrogens with zero attached hydrogens (tertiary/aromatic N) is 2. The van der Waals surface area contributed by atoms with Crippen molar-refractivity contribution in [2.45, 2.75) is 0 Å². The van der Waals surface area contributed by atoms with Gasteiger partial charge in [0.05, 0.1) is 5.92 Å². The Morgan fingerprint density at radius 3 is 2.83 bits per heavy atom. The van der Waals surface area contributed by atoms with Gasteiger partial charge in [-0.25, -0.2) is 4.99 Å². The number of allylic oxidation sites excluding steroid dienone is 1. The Balaban J connectivity index is 2.40. The Hall–Kier alpha value is -1.22. The number of dihydropyridines is 2. The Morgan fingerprint density at radius 2 is 2.00 bits per heavy atom. The number of halogens is 1. The van der Waals surface area contributed by atoms with Gasteiger partial charge in [0, 0.05) is 6.08 Å². The van der Waals surface area contributed by atoms with Gasteiger partial charge in [-0.3, -0.25) is 4.79 Å². The quantitative estimate of drug-likeness (QED) is 0.554. The molecule has 1 unspecified atom stereocenters. The van der Waals surface area contributed by atoms with E-state index in [1.54, 1.807) is 12.2 Å². The van der Waals surface area contributed by atoms with Gasteiger partial charge in [0.2, 0.25) is 0 Å². The molecule has 1 amide bonds. The monoisotopic (exact) mass is 180 g/mol. The molecular weight excluding hydrogens is 176 g/mol. The lowest BCUT2D eigenvalue weighted by atomic mass is 10.0. The second-order valence-corrected chi connectivity index (χ2v) is 2.87. The lowest BCUT2D eigenvalue weighted by molar-refractivity contribution is -0.113. The molecule has 2 rings (SSSR count). The van der Waals surface area contributed by atoms with Crippen LogP contribution in [0.3, 0.4) is 0 Å². The number of carbonyl (C=O) groups is 1. The number of aliphatic imine (C=N–C) groups is 2. The van der Waals surface area contributed by atoms with Crippen LogP contribution in [0.2, 0.25) is 0 Å². The maximum Gasteiger partial charge on any atom is 0.271 e. The minimum absolute atomic E-state index is 0.0187. The molecule has 0 aromatic heterocycles. The third kappa shape index (κ3) is 1.23. The molecule has 0 spiro atoms. The number of amides is 1. The zero-order valence-electron chi connectivity index (χ0n) is 6.07. The highest BCUT2D eigenvalue weighted by atomic mass is 35.5. The van der Waals surface area contributed by atoms with Crippen molar-refractivity contribution in [2.24, 2.45) is 15.9 Å². The van der Waals surface area contributed by atoms with E-state index in [-0.39, 0.29) is 11.8 Å². The van der Waals surface area contributed by atoms with E-state index in [9.17, 15) is 4.79 Å². The second kappa shape index (κ2) is 2.68. The van der Waals surface area contributed by atoms with Crippen LogP contribution in [0.5, 0.6) is 0 Å². The lowest BCUT2D eigenvalue weighted by Crippen LogP contribution is -2.17. The second-order valence-electron chi connectivity index (χ2n) is 2.49. The maximum atomic E-state index is 10.8. The van der Waals surface area contributed by atoms with E-state index >= 15 is 0 Å². The molecule has 1 atom stereocenters. The molecule has 2 aliphatic rings. The van der Waals surface area contributed by atoms with Gasteiger partial charge in [0.1, 0.15) is 11.0 Å². The summed E-state index contributed by atoms with van der Waals surface area (Å²) in [5.41, 5.74) is 0. The van der Waals surface area contributed by atoms with Crippen LogP contribution in [0.4, 0.5) is 0 Å². The maximum absolute atomic E-state index is 10.8. The standard InChI is InChI=1S/C8H5ClN2O/c9-6-3-1-5-2-4-7(12)11-8(5)10-6/h1-5H. The summed E-state index contributed by atoms with van der Waals surface area (Å²) in [6.45, 7) is 0. The third-order valence-electron chi connectivity index (χ3n) is 1.63. The fourth-order valence-corrected chi connectivity index (χ4v) is 1.24. The Morgan fingerprint density at radius 1 is 1.25 bits per heavy atom. The average Bonchev–Trinajstić information content (AvgIpc) is 2.03. The summed E-state index contributed by atoms with van der Waals surface area (Å²) in [6, 6.07) is 0. The van der Waals surface area contributed by atoms with Gasteiger partial charge in [0.15, 0.2) is 0 Å². The van der Waals surface area contributed by atoms with Gasteiger partial charge in [-0.15, -0.1) is 0 Å². The molecule has 0 saturated carbocycles. The van der Waals surface area contributed by atoms with Crippen molar-refractivity contribution in [3.05, 3.63) is 24.3 Å². The molecule has 0 aromatic rings. The van der Waals surface area contributed by atoms with E-state index < -0.39 is 0 Å². The Bertz CT molecular complexity index is 352. The SMILES string of the molecule is O=C1C=CC2C=CC(Cl)=NC2=N1. The van der Waals surface area contributed by atoms with Gasteiger partial charge >= 0.3 is 0 Å².